The molecule has 0 spiro atoms. The first-order valence-corrected chi connectivity index (χ1v) is 4.78. The molecule has 0 saturated carbocycles. The van der Waals surface area contributed by atoms with E-state index in [1.807, 2.05) is 6.07 Å². The highest BCUT2D eigenvalue weighted by Gasteiger charge is 2.11. The maximum atomic E-state index is 13.2. The minimum absolute atomic E-state index is 0.212. The van der Waals surface area contributed by atoms with Gasteiger partial charge in [0.25, 0.3) is 0 Å². The van der Waals surface area contributed by atoms with Gasteiger partial charge in [-0.05, 0) is 18.2 Å². The van der Waals surface area contributed by atoms with Gasteiger partial charge in [-0.3, -0.25) is 0 Å². The molecule has 3 nitrogen and oxygen atoms in total. The summed E-state index contributed by atoms with van der Waals surface area (Å²) in [6.07, 6.45) is 0. The molecule has 4 heteroatoms. The lowest BCUT2D eigenvalue weighted by molar-refractivity contribution is 0.585. The van der Waals surface area contributed by atoms with E-state index in [9.17, 15) is 4.39 Å². The highest BCUT2D eigenvalue weighted by atomic mass is 19.1. The number of nitrogens with one attached hydrogen (secondary N) is 1. The molecular weight excluding hydrogens is 181 g/mol. The minimum Gasteiger partial charge on any atom is -0.396 e. The van der Waals surface area contributed by atoms with Crippen LogP contribution in [-0.2, 0) is 0 Å². The van der Waals surface area contributed by atoms with Gasteiger partial charge in [-0.1, -0.05) is 0 Å². The van der Waals surface area contributed by atoms with Gasteiger partial charge in [0, 0.05) is 31.9 Å². The predicted molar refractivity (Wildman–Crippen MR) is 55.9 cm³/mol. The number of anilines is 2. The van der Waals surface area contributed by atoms with Gasteiger partial charge >= 0.3 is 0 Å². The molecule has 0 bridgehead atoms. The van der Waals surface area contributed by atoms with E-state index < -0.39 is 0 Å². The monoisotopic (exact) mass is 195 g/mol. The Kier molecular flexibility index (Phi) is 2.54. The number of rotatable bonds is 1. The maximum Gasteiger partial charge on any atom is 0.148 e. The fourth-order valence-electron chi connectivity index (χ4n) is 1.64. The first kappa shape index (κ1) is 9.27. The Balaban J connectivity index is 2.18. The Morgan fingerprint density at radius 1 is 1.29 bits per heavy atom. The Morgan fingerprint density at radius 2 is 2.00 bits per heavy atom. The molecule has 2 rings (SSSR count). The quantitative estimate of drug-likeness (QED) is 0.652. The van der Waals surface area contributed by atoms with Crippen LogP contribution in [0, 0.1) is 5.82 Å². The van der Waals surface area contributed by atoms with E-state index in [1.165, 1.54) is 6.07 Å². The van der Waals surface area contributed by atoms with Crippen LogP contribution in [0.5, 0.6) is 0 Å². The van der Waals surface area contributed by atoms with Crippen LogP contribution < -0.4 is 16.0 Å². The zero-order valence-corrected chi connectivity index (χ0v) is 7.96. The lowest BCUT2D eigenvalue weighted by Gasteiger charge is -2.29. The summed E-state index contributed by atoms with van der Waals surface area (Å²) in [5.74, 6) is -0.332. The largest absolute Gasteiger partial charge is 0.396 e. The van der Waals surface area contributed by atoms with E-state index >= 15 is 0 Å². The van der Waals surface area contributed by atoms with Crippen LogP contribution in [0.2, 0.25) is 0 Å². The SMILES string of the molecule is Nc1ccc(N2CCNCC2)cc1F. The van der Waals surface area contributed by atoms with Crippen LogP contribution in [0.25, 0.3) is 0 Å². The van der Waals surface area contributed by atoms with Crippen molar-refractivity contribution in [1.82, 2.24) is 5.32 Å². The fourth-order valence-corrected chi connectivity index (χ4v) is 1.64. The molecule has 1 aliphatic rings. The molecule has 0 aromatic heterocycles. The molecule has 0 unspecified atom stereocenters. The third-order valence-corrected chi connectivity index (χ3v) is 2.47. The summed E-state index contributed by atoms with van der Waals surface area (Å²) < 4.78 is 13.2. The van der Waals surface area contributed by atoms with Gasteiger partial charge in [0.05, 0.1) is 5.69 Å². The van der Waals surface area contributed by atoms with Crippen molar-refractivity contribution in [2.45, 2.75) is 0 Å². The Bertz CT molecular complexity index is 321. The zero-order valence-electron chi connectivity index (χ0n) is 7.96. The second kappa shape index (κ2) is 3.84. The van der Waals surface area contributed by atoms with Crippen LogP contribution in [0.3, 0.4) is 0 Å². The van der Waals surface area contributed by atoms with Gasteiger partial charge in [0.15, 0.2) is 0 Å². The third kappa shape index (κ3) is 1.80. The summed E-state index contributed by atoms with van der Waals surface area (Å²) in [7, 11) is 0. The second-order valence-electron chi connectivity index (χ2n) is 3.44. The predicted octanol–water partition coefficient (Wildman–Crippen LogP) is 0.817. The average molecular weight is 195 g/mol. The van der Waals surface area contributed by atoms with Crippen molar-refractivity contribution in [2.75, 3.05) is 36.8 Å². The number of hydrogen-bond donors (Lipinski definition) is 2. The number of nitrogens with zero attached hydrogens (tertiary/aromatic N) is 1. The molecular formula is C10H14FN3. The third-order valence-electron chi connectivity index (χ3n) is 2.47. The van der Waals surface area contributed by atoms with E-state index in [-0.39, 0.29) is 11.5 Å². The van der Waals surface area contributed by atoms with Gasteiger partial charge in [0.2, 0.25) is 0 Å². The van der Waals surface area contributed by atoms with E-state index in [2.05, 4.69) is 10.2 Å². The van der Waals surface area contributed by atoms with Crippen LogP contribution >= 0.6 is 0 Å². The first-order valence-electron chi connectivity index (χ1n) is 4.78. The fraction of sp³-hybridized carbons (Fsp3) is 0.400. The lowest BCUT2D eigenvalue weighted by Crippen LogP contribution is -2.43. The van der Waals surface area contributed by atoms with E-state index in [0.717, 1.165) is 31.9 Å². The van der Waals surface area contributed by atoms with Gasteiger partial charge in [-0.25, -0.2) is 4.39 Å². The van der Waals surface area contributed by atoms with Crippen molar-refractivity contribution in [2.24, 2.45) is 0 Å². The standard InChI is InChI=1S/C10H14FN3/c11-9-7-8(1-2-10(9)12)14-5-3-13-4-6-14/h1-2,7,13H,3-6,12H2. The van der Waals surface area contributed by atoms with Crippen molar-refractivity contribution in [1.29, 1.82) is 0 Å². The van der Waals surface area contributed by atoms with E-state index in [1.54, 1.807) is 6.07 Å². The summed E-state index contributed by atoms with van der Waals surface area (Å²) in [6.45, 7) is 3.74. The van der Waals surface area contributed by atoms with Crippen molar-refractivity contribution < 1.29 is 4.39 Å². The van der Waals surface area contributed by atoms with E-state index in [0.29, 0.717) is 0 Å². The van der Waals surface area contributed by atoms with Crippen LogP contribution in [0.15, 0.2) is 18.2 Å². The van der Waals surface area contributed by atoms with Crippen molar-refractivity contribution >= 4 is 11.4 Å². The molecule has 0 atom stereocenters. The molecule has 1 saturated heterocycles. The first-order chi connectivity index (χ1) is 6.77. The van der Waals surface area contributed by atoms with Crippen molar-refractivity contribution in [3.8, 4) is 0 Å². The molecule has 76 valence electrons. The van der Waals surface area contributed by atoms with Crippen molar-refractivity contribution in [3.05, 3.63) is 24.0 Å². The Morgan fingerprint density at radius 3 is 2.64 bits per heavy atom. The van der Waals surface area contributed by atoms with Crippen LogP contribution in [0.1, 0.15) is 0 Å². The average Bonchev–Trinajstić information content (AvgIpc) is 2.23. The number of nitrogen functional groups attached to an aromatic ring is 1. The smallest absolute Gasteiger partial charge is 0.148 e. The Hall–Kier alpha value is -1.29. The summed E-state index contributed by atoms with van der Waals surface area (Å²) >= 11 is 0. The van der Waals surface area contributed by atoms with Gasteiger partial charge in [0.1, 0.15) is 5.82 Å². The molecule has 14 heavy (non-hydrogen) atoms. The number of nitrogens with two attached hydrogens (primary N) is 1. The topological polar surface area (TPSA) is 41.3 Å². The summed E-state index contributed by atoms with van der Waals surface area (Å²) in [4.78, 5) is 2.15. The summed E-state index contributed by atoms with van der Waals surface area (Å²) in [5.41, 5.74) is 6.54. The van der Waals surface area contributed by atoms with Gasteiger partial charge in [-0.2, -0.15) is 0 Å². The summed E-state index contributed by atoms with van der Waals surface area (Å²) in [5, 5.41) is 3.25. The molecule has 0 radical (unpaired) electrons. The molecule has 0 amide bonds. The maximum absolute atomic E-state index is 13.2. The zero-order chi connectivity index (χ0) is 9.97. The van der Waals surface area contributed by atoms with Gasteiger partial charge < -0.3 is 16.0 Å². The highest BCUT2D eigenvalue weighted by molar-refractivity contribution is 5.54. The van der Waals surface area contributed by atoms with Crippen molar-refractivity contribution in [3.63, 3.8) is 0 Å². The lowest BCUT2D eigenvalue weighted by atomic mass is 10.2. The van der Waals surface area contributed by atoms with Crippen LogP contribution in [0.4, 0.5) is 15.8 Å². The molecule has 1 aromatic carbocycles. The molecule has 1 fully saturated rings. The summed E-state index contributed by atoms with van der Waals surface area (Å²) in [6, 6.07) is 4.98. The number of hydrogen-bond acceptors (Lipinski definition) is 3. The minimum atomic E-state index is -0.332. The molecule has 1 aromatic rings. The van der Waals surface area contributed by atoms with Gasteiger partial charge in [-0.15, -0.1) is 0 Å². The molecule has 0 aliphatic carbocycles. The van der Waals surface area contributed by atoms with E-state index in [4.69, 9.17) is 5.73 Å². The normalized spacial score (nSPS) is 17.1. The number of benzene rings is 1. The number of halogens is 1. The molecule has 3 N–H and O–H groups in total. The van der Waals surface area contributed by atoms with Crippen LogP contribution in [-0.4, -0.2) is 26.2 Å². The highest BCUT2D eigenvalue weighted by Crippen LogP contribution is 2.19. The molecule has 1 aliphatic heterocycles. The number of piperazine rings is 1. The second-order valence-corrected chi connectivity index (χ2v) is 3.44. The Labute approximate surface area is 82.7 Å². The molecule has 1 heterocycles.